The van der Waals surface area contributed by atoms with E-state index in [1.54, 1.807) is 12.1 Å². The number of nitrogens with one attached hydrogen (secondary N) is 1. The Morgan fingerprint density at radius 3 is 2.24 bits per heavy atom. The topological polar surface area (TPSA) is 117 Å². The second kappa shape index (κ2) is 15.6. The van der Waals surface area contributed by atoms with E-state index in [0.29, 0.717) is 92.4 Å². The lowest BCUT2D eigenvalue weighted by Gasteiger charge is -2.45. The number of likely N-dealkylation sites (N-methyl/N-ethyl adjacent to an activating group) is 1. The number of carboxylic acid groups (broad SMARTS) is 1. The Balaban J connectivity index is 1.10. The lowest BCUT2D eigenvalue weighted by atomic mass is 9.91. The zero-order valence-corrected chi connectivity index (χ0v) is 30.7. The molecule has 4 amide bonds. The second-order valence-corrected chi connectivity index (χ2v) is 15.3. The summed E-state index contributed by atoms with van der Waals surface area (Å²) in [4.78, 5) is 62.6. The van der Waals surface area contributed by atoms with Gasteiger partial charge in [0, 0.05) is 76.5 Å². The Morgan fingerprint density at radius 1 is 0.939 bits per heavy atom. The maximum Gasteiger partial charge on any atom is 0.322 e. The highest BCUT2D eigenvalue weighted by Crippen LogP contribution is 2.34. The van der Waals surface area contributed by atoms with Crippen LogP contribution >= 0.6 is 39.1 Å². The van der Waals surface area contributed by atoms with Gasteiger partial charge in [0.1, 0.15) is 6.04 Å². The van der Waals surface area contributed by atoms with Gasteiger partial charge in [-0.15, -0.1) is 0 Å². The number of hydrogen-bond donors (Lipinski definition) is 2. The molecule has 3 fully saturated rings. The summed E-state index contributed by atoms with van der Waals surface area (Å²) < 4.78 is 0.581. The van der Waals surface area contributed by atoms with E-state index in [-0.39, 0.29) is 36.3 Å². The molecule has 0 saturated carbocycles. The largest absolute Gasteiger partial charge is 0.480 e. The van der Waals surface area contributed by atoms with Crippen LogP contribution in [0.15, 0.2) is 40.9 Å². The molecule has 2 unspecified atom stereocenters. The Labute approximate surface area is 305 Å². The van der Waals surface area contributed by atoms with Gasteiger partial charge < -0.3 is 30.0 Å². The van der Waals surface area contributed by atoms with Crippen LogP contribution in [0, 0.1) is 5.92 Å². The van der Waals surface area contributed by atoms with Crippen LogP contribution in [0.2, 0.25) is 10.0 Å². The molecular weight excluding hydrogens is 735 g/mol. The van der Waals surface area contributed by atoms with E-state index in [2.05, 4.69) is 26.1 Å². The van der Waals surface area contributed by atoms with Gasteiger partial charge in [-0.2, -0.15) is 0 Å². The Morgan fingerprint density at radius 2 is 1.57 bits per heavy atom. The molecule has 4 aliphatic rings. The number of nitrogens with zero attached hydrogens (tertiary/aromatic N) is 5. The SMILES string of the molecule is CN1CCN(C2CCN(C(=O)C(CC(=O)N3CCC(N4Cc5ccccc5NC4=O)CC3)Cc3cc(Cl)c(Br)c(Cl)c3)CC2)C(C(=O)O)C1. The first-order valence-electron chi connectivity index (χ1n) is 17.0. The Kier molecular flexibility index (Phi) is 11.4. The average Bonchev–Trinajstić information content (AvgIpc) is 3.09. The summed E-state index contributed by atoms with van der Waals surface area (Å²) >= 11 is 16.2. The molecule has 2 atom stereocenters. The average molecular weight is 779 g/mol. The van der Waals surface area contributed by atoms with Crippen molar-refractivity contribution in [2.75, 3.05) is 58.2 Å². The highest BCUT2D eigenvalue weighted by Gasteiger charge is 2.39. The number of hydrogen-bond acceptors (Lipinski definition) is 6. The van der Waals surface area contributed by atoms with Crippen molar-refractivity contribution in [3.05, 3.63) is 62.0 Å². The van der Waals surface area contributed by atoms with E-state index in [1.165, 1.54) is 0 Å². The van der Waals surface area contributed by atoms with Crippen LogP contribution in [0.3, 0.4) is 0 Å². The fraction of sp³-hybridized carbons (Fsp3) is 0.543. The predicted octanol–water partition coefficient (Wildman–Crippen LogP) is 5.04. The zero-order chi connectivity index (χ0) is 34.8. The van der Waals surface area contributed by atoms with Gasteiger partial charge in [0.05, 0.1) is 20.4 Å². The molecule has 264 valence electrons. The van der Waals surface area contributed by atoms with Crippen molar-refractivity contribution in [2.24, 2.45) is 5.92 Å². The van der Waals surface area contributed by atoms with Crippen LogP contribution in [0.1, 0.15) is 43.2 Å². The molecular formula is C35H43BrCl2N6O5. The second-order valence-electron chi connectivity index (χ2n) is 13.7. The molecule has 3 saturated heterocycles. The summed E-state index contributed by atoms with van der Waals surface area (Å²) in [5.41, 5.74) is 2.69. The molecule has 2 N–H and O–H groups in total. The smallest absolute Gasteiger partial charge is 0.322 e. The highest BCUT2D eigenvalue weighted by molar-refractivity contribution is 9.10. The third kappa shape index (κ3) is 8.20. The van der Waals surface area contributed by atoms with E-state index >= 15 is 0 Å². The third-order valence-electron chi connectivity index (χ3n) is 10.6. The summed E-state index contributed by atoms with van der Waals surface area (Å²) in [6.07, 6.45) is 3.03. The van der Waals surface area contributed by atoms with Crippen LogP contribution in [0.5, 0.6) is 0 Å². The van der Waals surface area contributed by atoms with Crippen molar-refractivity contribution in [2.45, 2.75) is 63.2 Å². The predicted molar refractivity (Wildman–Crippen MR) is 192 cm³/mol. The maximum atomic E-state index is 14.2. The number of piperidine rings is 2. The lowest BCUT2D eigenvalue weighted by Crippen LogP contribution is -2.60. The van der Waals surface area contributed by atoms with E-state index in [1.807, 2.05) is 50.9 Å². The first-order valence-corrected chi connectivity index (χ1v) is 18.6. The summed E-state index contributed by atoms with van der Waals surface area (Å²) in [6.45, 7) is 4.52. The number of carbonyl (C=O) groups is 4. The van der Waals surface area contributed by atoms with Crippen LogP contribution in [-0.2, 0) is 27.3 Å². The van der Waals surface area contributed by atoms with E-state index in [9.17, 15) is 24.3 Å². The van der Waals surface area contributed by atoms with Crippen molar-refractivity contribution in [3.8, 4) is 0 Å². The Hall–Kier alpha value is -2.90. The highest BCUT2D eigenvalue weighted by atomic mass is 79.9. The van der Waals surface area contributed by atoms with Gasteiger partial charge in [0.15, 0.2) is 0 Å². The lowest BCUT2D eigenvalue weighted by molar-refractivity contribution is -0.149. The molecule has 11 nitrogen and oxygen atoms in total. The van der Waals surface area contributed by atoms with Crippen LogP contribution in [0.4, 0.5) is 10.5 Å². The molecule has 0 spiro atoms. The number of carboxylic acids is 1. The molecule has 6 rings (SSSR count). The minimum absolute atomic E-state index is 0.0178. The fourth-order valence-electron chi connectivity index (χ4n) is 7.81. The molecule has 4 aliphatic heterocycles. The molecule has 49 heavy (non-hydrogen) atoms. The quantitative estimate of drug-likeness (QED) is 0.362. The first kappa shape index (κ1) is 35.9. The number of fused-ring (bicyclic) bond motifs is 1. The van der Waals surface area contributed by atoms with E-state index in [0.717, 1.165) is 23.4 Å². The van der Waals surface area contributed by atoms with Gasteiger partial charge in [0.25, 0.3) is 0 Å². The van der Waals surface area contributed by atoms with Gasteiger partial charge in [-0.25, -0.2) is 4.79 Å². The summed E-state index contributed by atoms with van der Waals surface area (Å²) in [5, 5.41) is 13.7. The van der Waals surface area contributed by atoms with Crippen molar-refractivity contribution in [1.29, 1.82) is 0 Å². The standard InChI is InChI=1S/C35H43BrCl2N6O5/c1-40-14-15-43(30(21-40)34(47)48)25-8-12-42(13-9-25)33(46)24(16-22-17-27(37)32(36)28(38)18-22)19-31(45)41-10-6-26(7-11-41)44-20-23-4-2-3-5-29(23)39-35(44)49/h2-5,17-18,24-26,30H,6-16,19-21H2,1H3,(H,39,49)(H,47,48). The molecule has 0 aliphatic carbocycles. The number of urea groups is 1. The number of anilines is 1. The Bertz CT molecular complexity index is 1560. The summed E-state index contributed by atoms with van der Waals surface area (Å²) in [5.74, 6) is -1.61. The molecule has 14 heteroatoms. The minimum Gasteiger partial charge on any atom is -0.480 e. The van der Waals surface area contributed by atoms with Crippen molar-refractivity contribution >= 4 is 68.6 Å². The van der Waals surface area contributed by atoms with Gasteiger partial charge in [-0.05, 0) is 84.4 Å². The molecule has 0 bridgehead atoms. The number of likely N-dealkylation sites (tertiary alicyclic amines) is 2. The number of piperazine rings is 1. The van der Waals surface area contributed by atoms with Gasteiger partial charge >= 0.3 is 12.0 Å². The van der Waals surface area contributed by atoms with Gasteiger partial charge in [0.2, 0.25) is 11.8 Å². The molecule has 2 aromatic rings. The number of benzene rings is 2. The van der Waals surface area contributed by atoms with Crippen molar-refractivity contribution in [3.63, 3.8) is 0 Å². The zero-order valence-electron chi connectivity index (χ0n) is 27.6. The van der Waals surface area contributed by atoms with Crippen molar-refractivity contribution in [1.82, 2.24) is 24.5 Å². The number of rotatable bonds is 8. The number of aliphatic carboxylic acids is 1. The number of carbonyl (C=O) groups excluding carboxylic acids is 3. The maximum absolute atomic E-state index is 14.2. The third-order valence-corrected chi connectivity index (χ3v) is 12.5. The molecule has 4 heterocycles. The van der Waals surface area contributed by atoms with Gasteiger partial charge in [-0.1, -0.05) is 41.4 Å². The summed E-state index contributed by atoms with van der Waals surface area (Å²) in [6, 6.07) is 10.8. The number of para-hydroxylation sites is 1. The molecule has 0 radical (unpaired) electrons. The molecule has 2 aromatic carbocycles. The van der Waals surface area contributed by atoms with Gasteiger partial charge in [-0.3, -0.25) is 19.3 Å². The van der Waals surface area contributed by atoms with E-state index < -0.39 is 17.9 Å². The van der Waals surface area contributed by atoms with Crippen LogP contribution < -0.4 is 5.32 Å². The molecule has 0 aromatic heterocycles. The van der Waals surface area contributed by atoms with Crippen LogP contribution in [-0.4, -0.2) is 124 Å². The van der Waals surface area contributed by atoms with E-state index in [4.69, 9.17) is 23.2 Å². The fourth-order valence-corrected chi connectivity index (χ4v) is 8.57. The first-order chi connectivity index (χ1) is 23.5. The normalized spacial score (nSPS) is 22.1. The van der Waals surface area contributed by atoms with Crippen molar-refractivity contribution < 1.29 is 24.3 Å². The monoisotopic (exact) mass is 776 g/mol. The number of amides is 4. The summed E-state index contributed by atoms with van der Waals surface area (Å²) in [7, 11) is 1.94. The number of halogens is 3. The van der Waals surface area contributed by atoms with Crippen LogP contribution in [0.25, 0.3) is 0 Å². The minimum atomic E-state index is -0.816.